The summed E-state index contributed by atoms with van der Waals surface area (Å²) in [6, 6.07) is 4.87. The van der Waals surface area contributed by atoms with E-state index in [0.717, 1.165) is 25.2 Å². The van der Waals surface area contributed by atoms with Crippen LogP contribution in [0.25, 0.3) is 0 Å². The Bertz CT molecular complexity index is 337. The SMILES string of the molecule is COc1cc(F)ccc1C1CNCCN1. The Labute approximate surface area is 88.6 Å². The molecule has 1 aliphatic rings. The maximum absolute atomic E-state index is 13.0. The van der Waals surface area contributed by atoms with Crippen LogP contribution in [0, 0.1) is 5.82 Å². The van der Waals surface area contributed by atoms with Crippen molar-refractivity contribution in [1.29, 1.82) is 0 Å². The molecule has 1 aromatic carbocycles. The van der Waals surface area contributed by atoms with Gasteiger partial charge in [0.25, 0.3) is 0 Å². The average Bonchev–Trinajstić information content (AvgIpc) is 2.30. The highest BCUT2D eigenvalue weighted by atomic mass is 19.1. The second-order valence-corrected chi connectivity index (χ2v) is 3.60. The van der Waals surface area contributed by atoms with Gasteiger partial charge in [0.15, 0.2) is 0 Å². The number of nitrogens with one attached hydrogen (secondary N) is 2. The Kier molecular flexibility index (Phi) is 3.18. The zero-order valence-corrected chi connectivity index (χ0v) is 8.72. The minimum absolute atomic E-state index is 0.203. The van der Waals surface area contributed by atoms with Gasteiger partial charge in [-0.15, -0.1) is 0 Å². The zero-order valence-electron chi connectivity index (χ0n) is 8.72. The minimum Gasteiger partial charge on any atom is -0.496 e. The van der Waals surface area contributed by atoms with Gasteiger partial charge in [0.05, 0.1) is 7.11 Å². The molecule has 1 fully saturated rings. The summed E-state index contributed by atoms with van der Waals surface area (Å²) in [6.07, 6.45) is 0. The number of methoxy groups -OCH3 is 1. The molecule has 1 aromatic rings. The van der Waals surface area contributed by atoms with E-state index in [1.807, 2.05) is 0 Å². The maximum Gasteiger partial charge on any atom is 0.126 e. The number of hydrogen-bond acceptors (Lipinski definition) is 3. The highest BCUT2D eigenvalue weighted by Gasteiger charge is 2.18. The number of halogens is 1. The Morgan fingerprint density at radius 3 is 2.93 bits per heavy atom. The second kappa shape index (κ2) is 4.59. The Morgan fingerprint density at radius 1 is 1.40 bits per heavy atom. The summed E-state index contributed by atoms with van der Waals surface area (Å²) < 4.78 is 18.2. The predicted molar refractivity (Wildman–Crippen MR) is 56.6 cm³/mol. The van der Waals surface area contributed by atoms with Gasteiger partial charge in [-0.25, -0.2) is 4.39 Å². The van der Waals surface area contributed by atoms with Crippen molar-refractivity contribution in [3.63, 3.8) is 0 Å². The molecule has 1 atom stereocenters. The first kappa shape index (κ1) is 10.4. The lowest BCUT2D eigenvalue weighted by Crippen LogP contribution is -2.42. The van der Waals surface area contributed by atoms with Crippen LogP contribution in [0.3, 0.4) is 0 Å². The molecule has 2 N–H and O–H groups in total. The van der Waals surface area contributed by atoms with Gasteiger partial charge in [0, 0.05) is 37.3 Å². The second-order valence-electron chi connectivity index (χ2n) is 3.60. The van der Waals surface area contributed by atoms with Crippen molar-refractivity contribution in [3.8, 4) is 5.75 Å². The molecule has 1 aliphatic heterocycles. The predicted octanol–water partition coefficient (Wildman–Crippen LogP) is 1.07. The van der Waals surface area contributed by atoms with Crippen LogP contribution in [0.5, 0.6) is 5.75 Å². The third-order valence-electron chi connectivity index (χ3n) is 2.61. The van der Waals surface area contributed by atoms with Crippen molar-refractivity contribution >= 4 is 0 Å². The molecule has 0 spiro atoms. The van der Waals surface area contributed by atoms with Crippen LogP contribution in [0.2, 0.25) is 0 Å². The molecule has 0 aliphatic carbocycles. The van der Waals surface area contributed by atoms with Gasteiger partial charge in [-0.2, -0.15) is 0 Å². The fourth-order valence-corrected chi connectivity index (χ4v) is 1.85. The first-order valence-corrected chi connectivity index (χ1v) is 5.09. The van der Waals surface area contributed by atoms with E-state index in [1.54, 1.807) is 13.2 Å². The van der Waals surface area contributed by atoms with Crippen molar-refractivity contribution in [2.75, 3.05) is 26.7 Å². The number of piperazine rings is 1. The highest BCUT2D eigenvalue weighted by molar-refractivity contribution is 5.37. The van der Waals surface area contributed by atoms with Crippen molar-refractivity contribution < 1.29 is 9.13 Å². The van der Waals surface area contributed by atoms with Crippen LogP contribution in [0.4, 0.5) is 4.39 Å². The van der Waals surface area contributed by atoms with Gasteiger partial charge in [0.2, 0.25) is 0 Å². The lowest BCUT2D eigenvalue weighted by Gasteiger charge is -2.26. The van der Waals surface area contributed by atoms with Crippen LogP contribution >= 0.6 is 0 Å². The monoisotopic (exact) mass is 210 g/mol. The molecular weight excluding hydrogens is 195 g/mol. The lowest BCUT2D eigenvalue weighted by molar-refractivity contribution is 0.379. The molecule has 0 radical (unpaired) electrons. The third kappa shape index (κ3) is 2.27. The topological polar surface area (TPSA) is 33.3 Å². The van der Waals surface area contributed by atoms with E-state index in [1.165, 1.54) is 12.1 Å². The summed E-state index contributed by atoms with van der Waals surface area (Å²) in [6.45, 7) is 2.74. The summed E-state index contributed by atoms with van der Waals surface area (Å²) in [5, 5.41) is 6.65. The highest BCUT2D eigenvalue weighted by Crippen LogP contribution is 2.26. The van der Waals surface area contributed by atoms with Crippen molar-refractivity contribution in [2.24, 2.45) is 0 Å². The smallest absolute Gasteiger partial charge is 0.126 e. The van der Waals surface area contributed by atoms with Crippen LogP contribution in [-0.2, 0) is 0 Å². The summed E-state index contributed by atoms with van der Waals surface area (Å²) in [5.41, 5.74) is 1.01. The Balaban J connectivity index is 2.25. The molecule has 4 heteroatoms. The van der Waals surface area contributed by atoms with E-state index >= 15 is 0 Å². The van der Waals surface area contributed by atoms with E-state index in [2.05, 4.69) is 10.6 Å². The van der Waals surface area contributed by atoms with E-state index in [4.69, 9.17) is 4.74 Å². The van der Waals surface area contributed by atoms with Gasteiger partial charge >= 0.3 is 0 Å². The van der Waals surface area contributed by atoms with Gasteiger partial charge in [-0.1, -0.05) is 6.07 Å². The third-order valence-corrected chi connectivity index (χ3v) is 2.61. The van der Waals surface area contributed by atoms with E-state index < -0.39 is 0 Å². The molecule has 3 nitrogen and oxygen atoms in total. The van der Waals surface area contributed by atoms with Gasteiger partial charge < -0.3 is 15.4 Å². The molecule has 0 bridgehead atoms. The van der Waals surface area contributed by atoms with Crippen LogP contribution in [-0.4, -0.2) is 26.7 Å². The van der Waals surface area contributed by atoms with Gasteiger partial charge in [-0.05, 0) is 6.07 Å². The number of rotatable bonds is 2. The normalized spacial score (nSPS) is 21.3. The number of benzene rings is 1. The van der Waals surface area contributed by atoms with Crippen molar-refractivity contribution in [1.82, 2.24) is 10.6 Å². The summed E-state index contributed by atoms with van der Waals surface area (Å²) in [4.78, 5) is 0. The fourth-order valence-electron chi connectivity index (χ4n) is 1.85. The Hall–Kier alpha value is -1.13. The molecule has 15 heavy (non-hydrogen) atoms. The molecule has 0 aromatic heterocycles. The molecule has 0 amide bonds. The molecule has 0 saturated carbocycles. The quantitative estimate of drug-likeness (QED) is 0.766. The molecule has 82 valence electrons. The number of hydrogen-bond donors (Lipinski definition) is 2. The molecule has 1 unspecified atom stereocenters. The van der Waals surface area contributed by atoms with E-state index in [9.17, 15) is 4.39 Å². The molecular formula is C11H15FN2O. The standard InChI is InChI=1S/C11H15FN2O/c1-15-11-6-8(12)2-3-9(11)10-7-13-4-5-14-10/h2-3,6,10,13-14H,4-5,7H2,1H3. The summed E-state index contributed by atoms with van der Waals surface area (Å²) in [7, 11) is 1.56. The van der Waals surface area contributed by atoms with E-state index in [-0.39, 0.29) is 11.9 Å². The summed E-state index contributed by atoms with van der Waals surface area (Å²) in [5.74, 6) is 0.343. The van der Waals surface area contributed by atoms with Crippen molar-refractivity contribution in [3.05, 3.63) is 29.6 Å². The largest absolute Gasteiger partial charge is 0.496 e. The van der Waals surface area contributed by atoms with Crippen LogP contribution in [0.1, 0.15) is 11.6 Å². The maximum atomic E-state index is 13.0. The Morgan fingerprint density at radius 2 is 2.27 bits per heavy atom. The molecule has 1 heterocycles. The molecule has 1 saturated heterocycles. The number of ether oxygens (including phenoxy) is 1. The average molecular weight is 210 g/mol. The zero-order chi connectivity index (χ0) is 10.7. The van der Waals surface area contributed by atoms with Gasteiger partial charge in [-0.3, -0.25) is 0 Å². The molecule has 2 rings (SSSR count). The van der Waals surface area contributed by atoms with E-state index in [0.29, 0.717) is 5.75 Å². The van der Waals surface area contributed by atoms with Gasteiger partial charge in [0.1, 0.15) is 11.6 Å². The van der Waals surface area contributed by atoms with Crippen LogP contribution < -0.4 is 15.4 Å². The van der Waals surface area contributed by atoms with Crippen LogP contribution in [0.15, 0.2) is 18.2 Å². The fraction of sp³-hybridized carbons (Fsp3) is 0.455. The lowest BCUT2D eigenvalue weighted by atomic mass is 10.0. The minimum atomic E-state index is -0.264. The first-order valence-electron chi connectivity index (χ1n) is 5.09. The summed E-state index contributed by atoms with van der Waals surface area (Å²) >= 11 is 0. The van der Waals surface area contributed by atoms with Crippen molar-refractivity contribution in [2.45, 2.75) is 6.04 Å². The first-order chi connectivity index (χ1) is 7.31.